The first-order chi connectivity index (χ1) is 13.4. The number of amides is 2. The third-order valence-electron chi connectivity index (χ3n) is 5.35. The molecular formula is C22H37N3O4. The van der Waals surface area contributed by atoms with Gasteiger partial charge in [-0.3, -0.25) is 9.69 Å². The number of nitrogens with one attached hydrogen (secondary N) is 1. The van der Waals surface area contributed by atoms with Gasteiger partial charge in [-0.15, -0.1) is 0 Å². The predicted molar refractivity (Wildman–Crippen MR) is 112 cm³/mol. The highest BCUT2D eigenvalue weighted by molar-refractivity contribution is 5.74. The van der Waals surface area contributed by atoms with Gasteiger partial charge in [0, 0.05) is 20.0 Å². The van der Waals surface area contributed by atoms with Gasteiger partial charge in [0.2, 0.25) is 5.91 Å². The SMILES string of the molecule is CC=C[C@@H]1C[C@H](C#N)N(C(=O)OC(C)(C)C)[C@H]1[C@@H](NC(C)=O)[C@](C)(CCC)OC. The lowest BCUT2D eigenvalue weighted by molar-refractivity contribution is -0.125. The first kappa shape index (κ1) is 25.0. The van der Waals surface area contributed by atoms with Crippen molar-refractivity contribution in [1.82, 2.24) is 10.2 Å². The molecule has 5 atom stereocenters. The minimum atomic E-state index is -0.713. The van der Waals surface area contributed by atoms with Crippen LogP contribution in [0.3, 0.4) is 0 Å². The maximum absolute atomic E-state index is 13.1. The van der Waals surface area contributed by atoms with E-state index in [1.807, 2.05) is 32.9 Å². The fraction of sp³-hybridized carbons (Fsp3) is 0.773. The van der Waals surface area contributed by atoms with Crippen molar-refractivity contribution in [3.8, 4) is 6.07 Å². The topological polar surface area (TPSA) is 91.7 Å². The number of rotatable bonds is 7. The largest absolute Gasteiger partial charge is 0.444 e. The standard InChI is InChI=1S/C22H37N3O4/c1-9-11-16-13-17(14-23)25(20(27)29-21(4,5)6)18(16)19(24-15(3)26)22(7,28-8)12-10-2/h9,11,16-19H,10,12-13H2,1-8H3,(H,24,26)/t16-,17-,18-,19-,22+/m1/s1. The highest BCUT2D eigenvalue weighted by Crippen LogP contribution is 2.39. The summed E-state index contributed by atoms with van der Waals surface area (Å²) in [7, 11) is 1.61. The van der Waals surface area contributed by atoms with Crippen LogP contribution in [0.5, 0.6) is 0 Å². The Morgan fingerprint density at radius 1 is 1.34 bits per heavy atom. The highest BCUT2D eigenvalue weighted by atomic mass is 16.6. The zero-order chi connectivity index (χ0) is 22.4. The Morgan fingerprint density at radius 3 is 2.38 bits per heavy atom. The van der Waals surface area contributed by atoms with E-state index in [9.17, 15) is 14.9 Å². The van der Waals surface area contributed by atoms with E-state index in [2.05, 4.69) is 11.4 Å². The molecular weight excluding hydrogens is 370 g/mol. The van der Waals surface area contributed by atoms with Gasteiger partial charge in [0.1, 0.15) is 11.6 Å². The molecule has 1 aliphatic rings. The number of hydrogen-bond acceptors (Lipinski definition) is 5. The zero-order valence-corrected chi connectivity index (χ0v) is 19.1. The summed E-state index contributed by atoms with van der Waals surface area (Å²) >= 11 is 0. The summed E-state index contributed by atoms with van der Waals surface area (Å²) in [5.41, 5.74) is -1.41. The Hall–Kier alpha value is -2.07. The van der Waals surface area contributed by atoms with Crippen molar-refractivity contribution in [2.75, 3.05) is 7.11 Å². The lowest BCUT2D eigenvalue weighted by Crippen LogP contribution is -2.63. The Bertz CT molecular complexity index is 649. The average Bonchev–Trinajstić information content (AvgIpc) is 2.96. The summed E-state index contributed by atoms with van der Waals surface area (Å²) in [4.78, 5) is 26.7. The molecule has 0 aromatic carbocycles. The molecule has 0 radical (unpaired) electrons. The van der Waals surface area contributed by atoms with E-state index in [4.69, 9.17) is 9.47 Å². The summed E-state index contributed by atoms with van der Waals surface area (Å²) in [6.45, 7) is 12.7. The molecule has 164 valence electrons. The molecule has 0 aromatic heterocycles. The molecule has 1 heterocycles. The zero-order valence-electron chi connectivity index (χ0n) is 19.1. The second-order valence-electron chi connectivity index (χ2n) is 8.89. The molecule has 1 rings (SSSR count). The molecule has 7 heteroatoms. The van der Waals surface area contributed by atoms with Crippen molar-refractivity contribution in [3.63, 3.8) is 0 Å². The van der Waals surface area contributed by atoms with Crippen molar-refractivity contribution < 1.29 is 19.1 Å². The molecule has 0 aromatic rings. The predicted octanol–water partition coefficient (Wildman–Crippen LogP) is 3.79. The van der Waals surface area contributed by atoms with E-state index in [0.717, 1.165) is 6.42 Å². The smallest absolute Gasteiger partial charge is 0.411 e. The molecule has 0 bridgehead atoms. The van der Waals surface area contributed by atoms with Crippen LogP contribution in [0.2, 0.25) is 0 Å². The number of ether oxygens (including phenoxy) is 2. The van der Waals surface area contributed by atoms with Gasteiger partial charge >= 0.3 is 6.09 Å². The quantitative estimate of drug-likeness (QED) is 0.648. The molecule has 0 aliphatic carbocycles. The van der Waals surface area contributed by atoms with E-state index < -0.39 is 35.4 Å². The third-order valence-corrected chi connectivity index (χ3v) is 5.35. The fourth-order valence-corrected chi connectivity index (χ4v) is 4.15. The van der Waals surface area contributed by atoms with Gasteiger partial charge in [-0.2, -0.15) is 5.26 Å². The van der Waals surface area contributed by atoms with Gasteiger partial charge in [0.05, 0.1) is 23.8 Å². The first-order valence-electron chi connectivity index (χ1n) is 10.3. The van der Waals surface area contributed by atoms with Crippen molar-refractivity contribution in [2.45, 2.75) is 97.1 Å². The fourth-order valence-electron chi connectivity index (χ4n) is 4.15. The van der Waals surface area contributed by atoms with Crippen LogP contribution in [0, 0.1) is 17.2 Å². The number of methoxy groups -OCH3 is 1. The van der Waals surface area contributed by atoms with Crippen LogP contribution in [-0.4, -0.2) is 53.3 Å². The van der Waals surface area contributed by atoms with E-state index in [-0.39, 0.29) is 11.8 Å². The van der Waals surface area contributed by atoms with Crippen LogP contribution < -0.4 is 5.32 Å². The van der Waals surface area contributed by atoms with Gasteiger partial charge in [-0.1, -0.05) is 25.5 Å². The van der Waals surface area contributed by atoms with Crippen LogP contribution in [0.15, 0.2) is 12.2 Å². The molecule has 1 fully saturated rings. The molecule has 0 unspecified atom stereocenters. The van der Waals surface area contributed by atoms with Gasteiger partial charge in [0.15, 0.2) is 0 Å². The lowest BCUT2D eigenvalue weighted by Gasteiger charge is -2.44. The van der Waals surface area contributed by atoms with E-state index >= 15 is 0 Å². The number of carbonyl (C=O) groups is 2. The van der Waals surface area contributed by atoms with Gasteiger partial charge in [-0.25, -0.2) is 4.79 Å². The summed E-state index contributed by atoms with van der Waals surface area (Å²) in [6.07, 6.45) is 5.37. The Morgan fingerprint density at radius 2 is 1.97 bits per heavy atom. The number of nitriles is 1. The van der Waals surface area contributed by atoms with Crippen molar-refractivity contribution in [1.29, 1.82) is 5.26 Å². The minimum absolute atomic E-state index is 0.111. The number of carbonyl (C=O) groups excluding carboxylic acids is 2. The third kappa shape index (κ3) is 6.20. The summed E-state index contributed by atoms with van der Waals surface area (Å²) in [6, 6.07) is 0.634. The minimum Gasteiger partial charge on any atom is -0.444 e. The molecule has 1 aliphatic heterocycles. The normalized spacial score (nSPS) is 25.3. The van der Waals surface area contributed by atoms with Crippen molar-refractivity contribution in [3.05, 3.63) is 12.2 Å². The van der Waals surface area contributed by atoms with Crippen LogP contribution >= 0.6 is 0 Å². The molecule has 7 nitrogen and oxygen atoms in total. The molecule has 1 saturated heterocycles. The Labute approximate surface area is 175 Å². The Balaban J connectivity index is 3.55. The molecule has 0 spiro atoms. The van der Waals surface area contributed by atoms with Gasteiger partial charge < -0.3 is 14.8 Å². The molecule has 2 amide bonds. The Kier molecular flexibility index (Phi) is 8.70. The van der Waals surface area contributed by atoms with Gasteiger partial charge in [-0.05, 0) is 47.5 Å². The van der Waals surface area contributed by atoms with E-state index in [1.54, 1.807) is 27.9 Å². The van der Waals surface area contributed by atoms with Crippen LogP contribution in [0.1, 0.15) is 67.7 Å². The average molecular weight is 408 g/mol. The van der Waals surface area contributed by atoms with Gasteiger partial charge in [0.25, 0.3) is 0 Å². The monoisotopic (exact) mass is 407 g/mol. The van der Waals surface area contributed by atoms with Crippen LogP contribution in [-0.2, 0) is 14.3 Å². The van der Waals surface area contributed by atoms with E-state index in [1.165, 1.54) is 11.8 Å². The van der Waals surface area contributed by atoms with Crippen LogP contribution in [0.4, 0.5) is 4.79 Å². The summed E-state index contributed by atoms with van der Waals surface area (Å²) in [5.74, 6) is -0.321. The number of allylic oxidation sites excluding steroid dienone is 1. The van der Waals surface area contributed by atoms with Crippen LogP contribution in [0.25, 0.3) is 0 Å². The number of nitrogens with zero attached hydrogens (tertiary/aromatic N) is 2. The molecule has 1 N–H and O–H groups in total. The van der Waals surface area contributed by atoms with Crippen molar-refractivity contribution >= 4 is 12.0 Å². The first-order valence-corrected chi connectivity index (χ1v) is 10.3. The summed E-state index contributed by atoms with van der Waals surface area (Å²) in [5, 5.41) is 12.8. The van der Waals surface area contributed by atoms with E-state index in [0.29, 0.717) is 12.8 Å². The maximum Gasteiger partial charge on any atom is 0.411 e. The second-order valence-corrected chi connectivity index (χ2v) is 8.89. The molecule has 29 heavy (non-hydrogen) atoms. The summed E-state index contributed by atoms with van der Waals surface area (Å²) < 4.78 is 11.5. The lowest BCUT2D eigenvalue weighted by atomic mass is 9.81. The molecule has 0 saturated carbocycles. The van der Waals surface area contributed by atoms with Crippen molar-refractivity contribution in [2.24, 2.45) is 5.92 Å². The second kappa shape index (κ2) is 10.1. The number of hydrogen-bond donors (Lipinski definition) is 1. The maximum atomic E-state index is 13.1. The highest BCUT2D eigenvalue weighted by Gasteiger charge is 2.53. The number of likely N-dealkylation sites (tertiary alicyclic amines) is 1.